The van der Waals surface area contributed by atoms with Gasteiger partial charge in [-0.25, -0.2) is 0 Å². The van der Waals surface area contributed by atoms with Gasteiger partial charge < -0.3 is 20.1 Å². The fourth-order valence-electron chi connectivity index (χ4n) is 1.96. The number of amides is 2. The molecule has 116 valence electrons. The van der Waals surface area contributed by atoms with Crippen molar-refractivity contribution in [3.05, 3.63) is 12.7 Å². The molecule has 1 aliphatic rings. The van der Waals surface area contributed by atoms with Gasteiger partial charge in [0.2, 0.25) is 11.8 Å². The van der Waals surface area contributed by atoms with E-state index in [1.807, 2.05) is 0 Å². The lowest BCUT2D eigenvalue weighted by Crippen LogP contribution is -2.46. The van der Waals surface area contributed by atoms with Crippen LogP contribution >= 0.6 is 0 Å². The average molecular weight is 298 g/mol. The number of carbonyl (C=O) groups excluding carboxylic acids is 4. The van der Waals surface area contributed by atoms with Gasteiger partial charge in [0.25, 0.3) is 0 Å². The minimum absolute atomic E-state index is 0.274. The number of hydrogen-bond donors (Lipinski definition) is 2. The molecule has 1 atom stereocenters. The Kier molecular flexibility index (Phi) is 5.45. The number of carbonyl (C=O) groups is 4. The van der Waals surface area contributed by atoms with Crippen molar-refractivity contribution >= 4 is 23.8 Å². The largest absolute Gasteiger partial charge is 0.468 e. The van der Waals surface area contributed by atoms with E-state index in [2.05, 4.69) is 26.7 Å². The van der Waals surface area contributed by atoms with E-state index < -0.39 is 29.2 Å². The highest BCUT2D eigenvalue weighted by atomic mass is 16.5. The number of rotatable bonds is 7. The summed E-state index contributed by atoms with van der Waals surface area (Å²) < 4.78 is 8.81. The molecule has 1 fully saturated rings. The first kappa shape index (κ1) is 16.7. The normalized spacial score (nSPS) is 18.1. The molecule has 0 bridgehead atoms. The third-order valence-corrected chi connectivity index (χ3v) is 3.35. The maximum Gasteiger partial charge on any atom is 0.325 e. The van der Waals surface area contributed by atoms with E-state index in [4.69, 9.17) is 0 Å². The monoisotopic (exact) mass is 298 g/mol. The lowest BCUT2D eigenvalue weighted by atomic mass is 10.0. The van der Waals surface area contributed by atoms with E-state index in [-0.39, 0.29) is 25.4 Å². The molecule has 0 radical (unpaired) electrons. The van der Waals surface area contributed by atoms with Crippen molar-refractivity contribution < 1.29 is 28.7 Å². The highest BCUT2D eigenvalue weighted by Gasteiger charge is 2.64. The van der Waals surface area contributed by atoms with Crippen molar-refractivity contribution in [2.24, 2.45) is 11.3 Å². The summed E-state index contributed by atoms with van der Waals surface area (Å²) in [7, 11) is 2.38. The second-order valence-corrected chi connectivity index (χ2v) is 4.54. The number of hydrogen-bond acceptors (Lipinski definition) is 6. The zero-order chi connectivity index (χ0) is 16.0. The summed E-state index contributed by atoms with van der Waals surface area (Å²) in [6.45, 7) is 2.91. The molecule has 2 amide bonds. The molecule has 0 heterocycles. The van der Waals surface area contributed by atoms with Crippen molar-refractivity contribution in [2.75, 3.05) is 27.3 Å². The maximum atomic E-state index is 12.1. The number of methoxy groups -OCH3 is 2. The predicted molar refractivity (Wildman–Crippen MR) is 70.8 cm³/mol. The van der Waals surface area contributed by atoms with Crippen LogP contribution in [0.3, 0.4) is 0 Å². The summed E-state index contributed by atoms with van der Waals surface area (Å²) in [5.41, 5.74) is -1.33. The quantitative estimate of drug-likeness (QED) is 0.345. The van der Waals surface area contributed by atoms with Gasteiger partial charge in [0.15, 0.2) is 0 Å². The molecule has 0 aromatic carbocycles. The van der Waals surface area contributed by atoms with Crippen LogP contribution in [0.2, 0.25) is 0 Å². The van der Waals surface area contributed by atoms with Crippen molar-refractivity contribution in [2.45, 2.75) is 6.42 Å². The summed E-state index contributed by atoms with van der Waals surface area (Å²) in [4.78, 5) is 46.3. The van der Waals surface area contributed by atoms with Crippen LogP contribution < -0.4 is 10.6 Å². The minimum Gasteiger partial charge on any atom is -0.468 e. The van der Waals surface area contributed by atoms with Crippen LogP contribution in [-0.2, 0) is 28.7 Å². The topological polar surface area (TPSA) is 111 Å². The first-order chi connectivity index (χ1) is 9.92. The van der Waals surface area contributed by atoms with E-state index >= 15 is 0 Å². The SMILES string of the molecule is C=CC1CC1(C(=O)NCC(=O)OC)C(=O)NCC(=O)OC. The van der Waals surface area contributed by atoms with E-state index in [0.29, 0.717) is 0 Å². The van der Waals surface area contributed by atoms with Crippen molar-refractivity contribution in [3.63, 3.8) is 0 Å². The molecule has 0 spiro atoms. The Morgan fingerprint density at radius 2 is 1.52 bits per heavy atom. The van der Waals surface area contributed by atoms with E-state index in [9.17, 15) is 19.2 Å². The lowest BCUT2D eigenvalue weighted by molar-refractivity contribution is -0.145. The van der Waals surface area contributed by atoms with Crippen LogP contribution in [0.15, 0.2) is 12.7 Å². The van der Waals surface area contributed by atoms with Gasteiger partial charge in [-0.2, -0.15) is 0 Å². The summed E-state index contributed by atoms with van der Waals surface area (Å²) >= 11 is 0. The number of esters is 2. The standard InChI is InChI=1S/C13H18N2O6/c1-4-8-5-13(8,11(18)14-6-9(16)20-2)12(19)15-7-10(17)21-3/h4,8H,1,5-7H2,2-3H3,(H,14,18)(H,15,19). The minimum atomic E-state index is -1.33. The third-order valence-electron chi connectivity index (χ3n) is 3.35. The number of ether oxygens (including phenoxy) is 2. The molecule has 8 heteroatoms. The zero-order valence-electron chi connectivity index (χ0n) is 11.9. The molecule has 8 nitrogen and oxygen atoms in total. The molecule has 1 saturated carbocycles. The molecule has 21 heavy (non-hydrogen) atoms. The highest BCUT2D eigenvalue weighted by molar-refractivity contribution is 6.09. The van der Waals surface area contributed by atoms with Gasteiger partial charge in [0, 0.05) is 5.92 Å². The Morgan fingerprint density at radius 1 is 1.10 bits per heavy atom. The van der Waals surface area contributed by atoms with Gasteiger partial charge in [0.05, 0.1) is 14.2 Å². The first-order valence-corrected chi connectivity index (χ1v) is 6.25. The number of allylic oxidation sites excluding steroid dienone is 1. The first-order valence-electron chi connectivity index (χ1n) is 6.25. The molecule has 0 aliphatic heterocycles. The van der Waals surface area contributed by atoms with Gasteiger partial charge in [-0.15, -0.1) is 6.58 Å². The molecular formula is C13H18N2O6. The smallest absolute Gasteiger partial charge is 0.325 e. The van der Waals surface area contributed by atoms with Gasteiger partial charge in [-0.05, 0) is 6.42 Å². The van der Waals surface area contributed by atoms with Gasteiger partial charge >= 0.3 is 11.9 Å². The summed E-state index contributed by atoms with van der Waals surface area (Å²) in [6.07, 6.45) is 1.77. The Labute approximate surface area is 121 Å². The van der Waals surface area contributed by atoms with Crippen LogP contribution in [0.5, 0.6) is 0 Å². The Morgan fingerprint density at radius 3 is 1.81 bits per heavy atom. The van der Waals surface area contributed by atoms with E-state index in [1.54, 1.807) is 0 Å². The zero-order valence-corrected chi connectivity index (χ0v) is 11.9. The average Bonchev–Trinajstić information content (AvgIpc) is 3.25. The van der Waals surface area contributed by atoms with Gasteiger partial charge in [-0.1, -0.05) is 6.08 Å². The van der Waals surface area contributed by atoms with Crippen molar-refractivity contribution in [1.82, 2.24) is 10.6 Å². The molecule has 1 aliphatic carbocycles. The van der Waals surface area contributed by atoms with Gasteiger partial charge in [-0.3, -0.25) is 19.2 Å². The molecule has 1 rings (SSSR count). The highest BCUT2D eigenvalue weighted by Crippen LogP contribution is 2.53. The van der Waals surface area contributed by atoms with Crippen LogP contribution in [0.4, 0.5) is 0 Å². The predicted octanol–water partition coefficient (Wildman–Crippen LogP) is -1.24. The van der Waals surface area contributed by atoms with Crippen molar-refractivity contribution in [3.8, 4) is 0 Å². The fraction of sp³-hybridized carbons (Fsp3) is 0.538. The third kappa shape index (κ3) is 3.59. The number of nitrogens with one attached hydrogen (secondary N) is 2. The second-order valence-electron chi connectivity index (χ2n) is 4.54. The summed E-state index contributed by atoms with van der Waals surface area (Å²) in [5, 5.41) is 4.69. The molecule has 2 N–H and O–H groups in total. The van der Waals surface area contributed by atoms with Crippen LogP contribution in [0, 0.1) is 11.3 Å². The van der Waals surface area contributed by atoms with E-state index in [0.717, 1.165) is 0 Å². The fourth-order valence-corrected chi connectivity index (χ4v) is 1.96. The van der Waals surface area contributed by atoms with Crippen molar-refractivity contribution in [1.29, 1.82) is 0 Å². The summed E-state index contributed by atoms with van der Waals surface area (Å²) in [5.74, 6) is -2.78. The Bertz CT molecular complexity index is 441. The molecule has 0 aromatic rings. The van der Waals surface area contributed by atoms with E-state index in [1.165, 1.54) is 20.3 Å². The van der Waals surface area contributed by atoms with Gasteiger partial charge in [0.1, 0.15) is 18.5 Å². The molecular weight excluding hydrogens is 280 g/mol. The Balaban J connectivity index is 2.68. The molecule has 1 unspecified atom stereocenters. The molecule has 0 aromatic heterocycles. The molecule has 0 saturated heterocycles. The van der Waals surface area contributed by atoms with Crippen LogP contribution in [0.25, 0.3) is 0 Å². The maximum absolute atomic E-state index is 12.1. The van der Waals surface area contributed by atoms with Crippen LogP contribution in [-0.4, -0.2) is 51.1 Å². The summed E-state index contributed by atoms with van der Waals surface area (Å²) in [6, 6.07) is 0. The lowest BCUT2D eigenvalue weighted by Gasteiger charge is -2.15. The second kappa shape index (κ2) is 6.87. The Hall–Kier alpha value is -2.38. The van der Waals surface area contributed by atoms with Crippen LogP contribution in [0.1, 0.15) is 6.42 Å².